The number of furan rings is 1. The van der Waals surface area contributed by atoms with Crippen molar-refractivity contribution in [2.24, 2.45) is 0 Å². The summed E-state index contributed by atoms with van der Waals surface area (Å²) >= 11 is 3.55. The van der Waals surface area contributed by atoms with Crippen LogP contribution in [0.5, 0.6) is 0 Å². The maximum absolute atomic E-state index is 6.56. The minimum Gasteiger partial charge on any atom is -0.456 e. The first-order chi connectivity index (χ1) is 24.8. The molecule has 4 nitrogen and oxygen atoms in total. The van der Waals surface area contributed by atoms with E-state index in [1.807, 2.05) is 11.3 Å². The molecular weight excluding hydrogens is 651 g/mol. The van der Waals surface area contributed by atoms with E-state index in [0.717, 1.165) is 55.0 Å². The predicted molar refractivity (Wildman–Crippen MR) is 211 cm³/mol. The first-order valence-electron chi connectivity index (χ1n) is 16.7. The van der Waals surface area contributed by atoms with E-state index in [4.69, 9.17) is 14.4 Å². The first-order valence-corrected chi connectivity index (χ1v) is 18.4. The van der Waals surface area contributed by atoms with Gasteiger partial charge in [-0.05, 0) is 64.4 Å². The van der Waals surface area contributed by atoms with E-state index in [0.29, 0.717) is 0 Å². The molecule has 0 atom stereocenters. The zero-order valence-electron chi connectivity index (χ0n) is 26.2. The molecule has 7 aromatic carbocycles. The van der Waals surface area contributed by atoms with E-state index in [-0.39, 0.29) is 0 Å². The third-order valence-corrected chi connectivity index (χ3v) is 12.9. The predicted octanol–water partition coefficient (Wildman–Crippen LogP) is 13.0. The van der Waals surface area contributed by atoms with Gasteiger partial charge >= 0.3 is 0 Å². The summed E-state index contributed by atoms with van der Waals surface area (Å²) in [5.74, 6) is 0.841. The lowest BCUT2D eigenvalue weighted by Gasteiger charge is -2.15. The molecule has 0 saturated carbocycles. The molecule has 1 aliphatic rings. The fraction of sp³-hybridized carbons (Fsp3) is 0. The molecule has 0 unspecified atom stereocenters. The zero-order chi connectivity index (χ0) is 32.2. The average Bonchev–Trinajstić information content (AvgIpc) is 3.90. The highest BCUT2D eigenvalue weighted by atomic mass is 32.1. The molecule has 230 valence electrons. The Morgan fingerprint density at radius 2 is 1.14 bits per heavy atom. The van der Waals surface area contributed by atoms with Crippen LogP contribution in [0.15, 0.2) is 132 Å². The Morgan fingerprint density at radius 3 is 2.04 bits per heavy atom. The van der Waals surface area contributed by atoms with Crippen LogP contribution in [0, 0.1) is 0 Å². The van der Waals surface area contributed by atoms with Crippen molar-refractivity contribution >= 4 is 118 Å². The van der Waals surface area contributed by atoms with Gasteiger partial charge in [-0.3, -0.25) is 4.57 Å². The maximum atomic E-state index is 6.56. The van der Waals surface area contributed by atoms with Gasteiger partial charge in [0.1, 0.15) is 27.2 Å². The van der Waals surface area contributed by atoms with Crippen molar-refractivity contribution in [2.75, 3.05) is 0 Å². The summed E-state index contributed by atoms with van der Waals surface area (Å²) in [5, 5.41) is 10.9. The first kappa shape index (κ1) is 25.9. The second-order valence-electron chi connectivity index (χ2n) is 13.2. The van der Waals surface area contributed by atoms with E-state index >= 15 is 0 Å². The van der Waals surface area contributed by atoms with E-state index in [1.165, 1.54) is 68.3 Å². The molecule has 5 aromatic heterocycles. The van der Waals surface area contributed by atoms with Crippen LogP contribution in [0.25, 0.3) is 123 Å². The molecule has 13 rings (SSSR count). The lowest BCUT2D eigenvalue weighted by Crippen LogP contribution is -2.03. The number of rotatable bonds is 2. The lowest BCUT2D eigenvalue weighted by atomic mass is 9.95. The highest BCUT2D eigenvalue weighted by Crippen LogP contribution is 2.51. The zero-order valence-corrected chi connectivity index (χ0v) is 27.8. The van der Waals surface area contributed by atoms with Gasteiger partial charge in [-0.2, -0.15) is 0 Å². The summed E-state index contributed by atoms with van der Waals surface area (Å²) in [7, 11) is 0. The molecule has 0 fully saturated rings. The van der Waals surface area contributed by atoms with Crippen molar-refractivity contribution in [3.05, 3.63) is 127 Å². The summed E-state index contributed by atoms with van der Waals surface area (Å²) in [4.78, 5) is 12.2. The molecule has 0 amide bonds. The molecule has 0 spiro atoms. The lowest BCUT2D eigenvalue weighted by molar-refractivity contribution is 0.669. The molecule has 12 aromatic rings. The normalized spacial score (nSPS) is 12.8. The standard InChI is InChI=1S/C44H21N3OS2/c1-3-15-32-25(9-1)36-27(13-7-17-34(36)49-32)41-43(45-42-26-10-2-4-16-33(26)50-44(42)46-41)47-28-19-18-22-8-5-11-23-24-12-6-14-30-37(24)40-31(48-30)21-20-29(47)39(40)38(28)35(22)23/h1-21H. The molecule has 0 saturated heterocycles. The highest BCUT2D eigenvalue weighted by molar-refractivity contribution is 7.26. The quantitative estimate of drug-likeness (QED) is 0.184. The topological polar surface area (TPSA) is 43.9 Å². The van der Waals surface area contributed by atoms with Crippen molar-refractivity contribution < 1.29 is 4.42 Å². The molecule has 5 heterocycles. The SMILES string of the molecule is c1cc2c3c(c1)ccc1c3c3c4c(ccc3n1-c1nc3c(nc1-c1cccc5sc6ccccc6c15)sc1ccccc13)oc1cccc-2c14. The van der Waals surface area contributed by atoms with Gasteiger partial charge < -0.3 is 4.42 Å². The summed E-state index contributed by atoms with van der Waals surface area (Å²) < 4.78 is 12.7. The fourth-order valence-electron chi connectivity index (χ4n) is 8.77. The van der Waals surface area contributed by atoms with E-state index in [1.54, 1.807) is 11.3 Å². The Kier molecular flexibility index (Phi) is 4.62. The number of benzene rings is 7. The number of thiophene rings is 2. The molecule has 0 radical (unpaired) electrons. The third kappa shape index (κ3) is 3.04. The van der Waals surface area contributed by atoms with E-state index < -0.39 is 0 Å². The Hall–Kier alpha value is -6.08. The van der Waals surface area contributed by atoms with Gasteiger partial charge in [0.2, 0.25) is 0 Å². The summed E-state index contributed by atoms with van der Waals surface area (Å²) in [6.07, 6.45) is 0. The van der Waals surface area contributed by atoms with E-state index in [9.17, 15) is 0 Å². The van der Waals surface area contributed by atoms with Crippen LogP contribution in [0.1, 0.15) is 0 Å². The molecule has 50 heavy (non-hydrogen) atoms. The van der Waals surface area contributed by atoms with Gasteiger partial charge in [0, 0.05) is 57.4 Å². The Morgan fingerprint density at radius 1 is 0.460 bits per heavy atom. The van der Waals surface area contributed by atoms with Gasteiger partial charge in [-0.25, -0.2) is 9.97 Å². The second-order valence-corrected chi connectivity index (χ2v) is 15.4. The van der Waals surface area contributed by atoms with Crippen molar-refractivity contribution in [3.63, 3.8) is 0 Å². The number of nitrogens with zero attached hydrogens (tertiary/aromatic N) is 3. The molecule has 0 aliphatic heterocycles. The van der Waals surface area contributed by atoms with Crippen LogP contribution < -0.4 is 0 Å². The largest absolute Gasteiger partial charge is 0.456 e. The van der Waals surface area contributed by atoms with Crippen LogP contribution in [0.4, 0.5) is 0 Å². The minimum absolute atomic E-state index is 0.841. The summed E-state index contributed by atoms with van der Waals surface area (Å²) in [6.45, 7) is 0. The molecular formula is C44H21N3OS2. The fourth-order valence-corrected chi connectivity index (χ4v) is 10.9. The number of aromatic nitrogens is 3. The smallest absolute Gasteiger partial charge is 0.165 e. The number of hydrogen-bond donors (Lipinski definition) is 0. The Labute approximate surface area is 291 Å². The molecule has 0 bridgehead atoms. The van der Waals surface area contributed by atoms with Gasteiger partial charge in [0.15, 0.2) is 5.82 Å². The molecule has 6 heteroatoms. The molecule has 0 N–H and O–H groups in total. The second kappa shape index (κ2) is 8.93. The Bertz CT molecular complexity index is 3510. The van der Waals surface area contributed by atoms with Gasteiger partial charge in [-0.15, -0.1) is 22.7 Å². The van der Waals surface area contributed by atoms with Crippen LogP contribution in [0.3, 0.4) is 0 Å². The van der Waals surface area contributed by atoms with Crippen molar-refractivity contribution in [1.82, 2.24) is 14.5 Å². The third-order valence-electron chi connectivity index (χ3n) is 10.8. The Balaban J connectivity index is 1.28. The minimum atomic E-state index is 0.841. The average molecular weight is 672 g/mol. The van der Waals surface area contributed by atoms with Crippen molar-refractivity contribution in [1.29, 1.82) is 0 Å². The summed E-state index contributed by atoms with van der Waals surface area (Å²) in [6, 6.07) is 45.9. The monoisotopic (exact) mass is 671 g/mol. The molecule has 1 aliphatic carbocycles. The van der Waals surface area contributed by atoms with E-state index in [2.05, 4.69) is 132 Å². The maximum Gasteiger partial charge on any atom is 0.165 e. The summed E-state index contributed by atoms with van der Waals surface area (Å²) in [5.41, 5.74) is 9.42. The van der Waals surface area contributed by atoms with Gasteiger partial charge in [-0.1, -0.05) is 84.9 Å². The van der Waals surface area contributed by atoms with Crippen LogP contribution in [0.2, 0.25) is 0 Å². The van der Waals surface area contributed by atoms with Crippen molar-refractivity contribution in [2.45, 2.75) is 0 Å². The van der Waals surface area contributed by atoms with Gasteiger partial charge in [0.25, 0.3) is 0 Å². The van der Waals surface area contributed by atoms with Crippen molar-refractivity contribution in [3.8, 4) is 28.2 Å². The van der Waals surface area contributed by atoms with Crippen LogP contribution >= 0.6 is 22.7 Å². The van der Waals surface area contributed by atoms with Crippen LogP contribution in [-0.2, 0) is 0 Å². The number of fused-ring (bicyclic) bond motifs is 7. The van der Waals surface area contributed by atoms with Crippen LogP contribution in [-0.4, -0.2) is 14.5 Å². The number of hydrogen-bond acceptors (Lipinski definition) is 5. The van der Waals surface area contributed by atoms with Gasteiger partial charge in [0.05, 0.1) is 11.0 Å². The highest BCUT2D eigenvalue weighted by Gasteiger charge is 2.29.